The van der Waals surface area contributed by atoms with Crippen LogP contribution in [0.5, 0.6) is 0 Å². The summed E-state index contributed by atoms with van der Waals surface area (Å²) in [5.74, 6) is 3.74. The second kappa shape index (κ2) is 21.6. The fourth-order valence-electron chi connectivity index (χ4n) is 14.3. The van der Waals surface area contributed by atoms with Gasteiger partial charge in [0.05, 0.1) is 11.7 Å². The van der Waals surface area contributed by atoms with Gasteiger partial charge in [-0.1, -0.05) is 135 Å². The minimum Gasteiger partial charge on any atom is -0.364 e. The predicted octanol–water partition coefficient (Wildman–Crippen LogP) is 15.6. The molecule has 4 nitrogen and oxygen atoms in total. The van der Waals surface area contributed by atoms with E-state index in [4.69, 9.17) is 17.3 Å². The number of rotatable bonds is 11. The van der Waals surface area contributed by atoms with Crippen molar-refractivity contribution in [2.24, 2.45) is 46.2 Å². The van der Waals surface area contributed by atoms with Crippen molar-refractivity contribution in [3.05, 3.63) is 190 Å². The number of hydrogen-bond donors (Lipinski definition) is 1. The molecule has 0 bridgehead atoms. The average Bonchev–Trinajstić information content (AvgIpc) is 3.80. The molecular formula is C65H80N4. The van der Waals surface area contributed by atoms with Gasteiger partial charge in [0.1, 0.15) is 0 Å². The summed E-state index contributed by atoms with van der Waals surface area (Å²) in [6.07, 6.45) is 76.8. The zero-order valence-corrected chi connectivity index (χ0v) is 41.7. The van der Waals surface area contributed by atoms with Crippen LogP contribution in [0.1, 0.15) is 141 Å². The van der Waals surface area contributed by atoms with E-state index in [0.717, 1.165) is 114 Å². The summed E-state index contributed by atoms with van der Waals surface area (Å²) < 4.78 is 0. The summed E-state index contributed by atoms with van der Waals surface area (Å²) in [6, 6.07) is 1.10. The summed E-state index contributed by atoms with van der Waals surface area (Å²) in [5, 5.41) is 0. The fraction of sp³-hybridized carbons (Fsp3) is 0.492. The first-order valence-electron chi connectivity index (χ1n) is 27.9. The molecule has 1 saturated carbocycles. The minimum absolute atomic E-state index is 0.120. The van der Waals surface area contributed by atoms with Gasteiger partial charge in [0.2, 0.25) is 0 Å². The quantitative estimate of drug-likeness (QED) is 0.166. The van der Waals surface area contributed by atoms with E-state index in [0.29, 0.717) is 41.7 Å². The molecule has 0 aromatic heterocycles. The van der Waals surface area contributed by atoms with Crippen LogP contribution < -0.4 is 5.73 Å². The molecule has 360 valence electrons. The van der Waals surface area contributed by atoms with Crippen molar-refractivity contribution < 1.29 is 0 Å². The molecule has 9 atom stereocenters. The molecule has 2 fully saturated rings. The normalized spacial score (nSPS) is 33.3. The van der Waals surface area contributed by atoms with Crippen molar-refractivity contribution in [2.75, 3.05) is 6.54 Å². The lowest BCUT2D eigenvalue weighted by Gasteiger charge is -2.38. The van der Waals surface area contributed by atoms with Gasteiger partial charge < -0.3 is 15.5 Å². The second-order valence-corrected chi connectivity index (χ2v) is 22.3. The lowest BCUT2D eigenvalue weighted by molar-refractivity contribution is 0.200. The molecule has 0 aromatic rings. The van der Waals surface area contributed by atoms with Crippen molar-refractivity contribution in [3.8, 4) is 0 Å². The Morgan fingerprint density at radius 2 is 1.61 bits per heavy atom. The molecule has 11 aliphatic rings. The number of aliphatic imine (C=N–C) groups is 1. The zero-order valence-electron chi connectivity index (χ0n) is 41.7. The van der Waals surface area contributed by atoms with Crippen LogP contribution in [-0.4, -0.2) is 40.2 Å². The van der Waals surface area contributed by atoms with Gasteiger partial charge in [-0.15, -0.1) is 0 Å². The number of likely N-dealkylation sites (tertiary alicyclic amines) is 1. The topological polar surface area (TPSA) is 44.9 Å². The molecule has 2 N–H and O–H groups in total. The lowest BCUT2D eigenvalue weighted by atomic mass is 9.76. The summed E-state index contributed by atoms with van der Waals surface area (Å²) in [6.45, 7) is 5.81. The number of nitrogens with zero attached hydrogens (tertiary/aromatic N) is 3. The molecule has 11 rings (SSSR count). The number of fused-ring (bicyclic) bond motifs is 3. The van der Waals surface area contributed by atoms with Gasteiger partial charge in [-0.2, -0.15) is 0 Å². The molecule has 0 aromatic carbocycles. The Kier molecular flexibility index (Phi) is 14.5. The first-order valence-corrected chi connectivity index (χ1v) is 27.9. The monoisotopic (exact) mass is 917 g/mol. The maximum atomic E-state index is 7.32. The van der Waals surface area contributed by atoms with E-state index < -0.39 is 0 Å². The van der Waals surface area contributed by atoms with E-state index in [2.05, 4.69) is 137 Å². The van der Waals surface area contributed by atoms with E-state index in [-0.39, 0.29) is 6.04 Å². The third kappa shape index (κ3) is 10.3. The van der Waals surface area contributed by atoms with Gasteiger partial charge in [-0.3, -0.25) is 4.99 Å². The highest BCUT2D eigenvalue weighted by Gasteiger charge is 2.48. The zero-order chi connectivity index (χ0) is 46.5. The first kappa shape index (κ1) is 46.5. The molecule has 9 aliphatic carbocycles. The molecule has 4 heteroatoms. The van der Waals surface area contributed by atoms with Crippen LogP contribution in [0, 0.1) is 35.5 Å². The maximum absolute atomic E-state index is 7.32. The third-order valence-corrected chi connectivity index (χ3v) is 18.0. The van der Waals surface area contributed by atoms with Crippen LogP contribution >= 0.6 is 0 Å². The summed E-state index contributed by atoms with van der Waals surface area (Å²) in [7, 11) is 0. The van der Waals surface area contributed by atoms with Crippen LogP contribution in [-0.2, 0) is 0 Å². The lowest BCUT2D eigenvalue weighted by Crippen LogP contribution is -2.38. The molecule has 69 heavy (non-hydrogen) atoms. The Balaban J connectivity index is 0.832. The highest BCUT2D eigenvalue weighted by molar-refractivity contribution is 6.01. The number of allylic oxidation sites excluding steroid dienone is 25. The molecular weight excluding hydrogens is 837 g/mol. The highest BCUT2D eigenvalue weighted by Crippen LogP contribution is 2.49. The van der Waals surface area contributed by atoms with Crippen molar-refractivity contribution >= 4 is 5.71 Å². The molecule has 0 amide bonds. The fourth-order valence-corrected chi connectivity index (χ4v) is 14.3. The van der Waals surface area contributed by atoms with Gasteiger partial charge in [0, 0.05) is 59.7 Å². The van der Waals surface area contributed by atoms with Gasteiger partial charge in [0.25, 0.3) is 0 Å². The molecule has 0 spiro atoms. The predicted molar refractivity (Wildman–Crippen MR) is 291 cm³/mol. The summed E-state index contributed by atoms with van der Waals surface area (Å²) in [4.78, 5) is 11.1. The Bertz CT molecular complexity index is 2490. The first-order chi connectivity index (χ1) is 34.0. The Labute approximate surface area is 416 Å². The van der Waals surface area contributed by atoms with E-state index in [1.165, 1.54) is 90.6 Å². The van der Waals surface area contributed by atoms with Crippen molar-refractivity contribution in [1.29, 1.82) is 0 Å². The van der Waals surface area contributed by atoms with Gasteiger partial charge in [-0.25, -0.2) is 0 Å². The molecule has 9 unspecified atom stereocenters. The van der Waals surface area contributed by atoms with Crippen LogP contribution in [0.2, 0.25) is 0 Å². The number of hydrogen-bond acceptors (Lipinski definition) is 4. The smallest absolute Gasteiger partial charge is 0.0594 e. The van der Waals surface area contributed by atoms with E-state index in [1.54, 1.807) is 11.3 Å². The minimum atomic E-state index is -0.120. The van der Waals surface area contributed by atoms with Crippen molar-refractivity contribution in [3.63, 3.8) is 0 Å². The molecule has 0 radical (unpaired) electrons. The Morgan fingerprint density at radius 1 is 0.696 bits per heavy atom. The van der Waals surface area contributed by atoms with Gasteiger partial charge >= 0.3 is 0 Å². The van der Waals surface area contributed by atoms with Crippen LogP contribution in [0.25, 0.3) is 0 Å². The van der Waals surface area contributed by atoms with Crippen LogP contribution in [0.15, 0.2) is 195 Å². The summed E-state index contributed by atoms with van der Waals surface area (Å²) >= 11 is 0. The largest absolute Gasteiger partial charge is 0.364 e. The highest BCUT2D eigenvalue weighted by atomic mass is 15.2. The standard InChI is InChI=1S/C65H80N4/c1-46(53-22-16-26-57(43-53)68-41-14-3-2-5-20-52-21-8-11-30-63(52)68)67-62(45-61(66)50-37-33-48(34-38-50)55-24-15-23-54(42-55)47-18-6-4-7-19-47)51-39-35-49(36-40-51)56-25-17-27-58(44-56)69-64-31-12-9-28-59(64)60-29-10-13-32-65(60)69/h2,5-6,8-9,12,15,18,21,24-26,28,31,33,37-39,42-44,47-49,54,59-61,64-65H,1,3-4,7,10-11,13-14,16-17,19-20,22-23,27,29-30,32,34-36,40-41,45,66H2/b5-2-,67-62+. The molecule has 1 saturated heterocycles. The van der Waals surface area contributed by atoms with E-state index >= 15 is 0 Å². The Hall–Kier alpha value is -4.93. The van der Waals surface area contributed by atoms with Crippen LogP contribution in [0.4, 0.5) is 0 Å². The van der Waals surface area contributed by atoms with Crippen molar-refractivity contribution in [2.45, 2.75) is 159 Å². The van der Waals surface area contributed by atoms with Gasteiger partial charge in [-0.05, 0) is 191 Å². The van der Waals surface area contributed by atoms with Crippen molar-refractivity contribution in [1.82, 2.24) is 9.80 Å². The average molecular weight is 917 g/mol. The van der Waals surface area contributed by atoms with E-state index in [1.807, 2.05) is 0 Å². The third-order valence-electron chi connectivity index (χ3n) is 18.0. The van der Waals surface area contributed by atoms with Gasteiger partial charge in [0.15, 0.2) is 0 Å². The molecule has 2 aliphatic heterocycles. The van der Waals surface area contributed by atoms with Crippen LogP contribution in [0.3, 0.4) is 0 Å². The second-order valence-electron chi connectivity index (χ2n) is 22.3. The number of nitrogens with two attached hydrogens (primary N) is 1. The SMILES string of the molecule is C=C(/N=C(\CC(N)C1=CCC(C2=CC(C3C=CCCC3)CC=C2)C=C1)C1=CCC(C2=CCCC(N3C4C=CC=CC4C4CCCCC43)=C2)CC1)C1=CC(N2CCC/C=C\CC3=C2CCC=C3)=CCC1. The Morgan fingerprint density at radius 3 is 2.49 bits per heavy atom. The summed E-state index contributed by atoms with van der Waals surface area (Å²) in [5.41, 5.74) is 22.3. The maximum Gasteiger partial charge on any atom is 0.0594 e. The van der Waals surface area contributed by atoms with E-state index in [9.17, 15) is 0 Å². The molecule has 2 heterocycles.